The highest BCUT2D eigenvalue weighted by atomic mass is 127. The highest BCUT2D eigenvalue weighted by Gasteiger charge is 2.31. The molecule has 0 spiro atoms. The molecule has 0 saturated heterocycles. The lowest BCUT2D eigenvalue weighted by atomic mass is 9.59. The lowest BCUT2D eigenvalue weighted by molar-refractivity contribution is 0.186. The van der Waals surface area contributed by atoms with Crippen LogP contribution in [0.1, 0.15) is 13.8 Å². The molecule has 0 saturated carbocycles. The Balaban J connectivity index is 4.02. The molecule has 0 atom stereocenters. The third-order valence-corrected chi connectivity index (χ3v) is 2.77. The van der Waals surface area contributed by atoms with Crippen molar-refractivity contribution in [2.75, 3.05) is 0 Å². The first-order chi connectivity index (χ1) is 3.25. The summed E-state index contributed by atoms with van der Waals surface area (Å²) >= 11 is 2.23. The lowest BCUT2D eigenvalue weighted by Crippen LogP contribution is -2.46. The van der Waals surface area contributed by atoms with E-state index in [2.05, 4.69) is 22.6 Å². The average Bonchev–Trinajstić information content (AvgIpc) is 1.25. The van der Waals surface area contributed by atoms with Crippen molar-refractivity contribution < 1.29 is 5.11 Å². The molecule has 46 valence electrons. The summed E-state index contributed by atoms with van der Waals surface area (Å²) in [6.45, 7) is 4.01. The second-order valence-corrected chi connectivity index (χ2v) is 5.73. The quantitative estimate of drug-likeness (QED) is 0.348. The maximum Gasteiger partial charge on any atom is 0.133 e. The monoisotopic (exact) mass is 224 g/mol. The fourth-order valence-corrected chi connectivity index (χ4v) is 0. The van der Waals surface area contributed by atoms with Crippen LogP contribution >= 0.6 is 22.6 Å². The topological polar surface area (TPSA) is 20.2 Å². The third kappa shape index (κ3) is 2.40. The van der Waals surface area contributed by atoms with Crippen LogP contribution in [0.3, 0.4) is 0 Å². The van der Waals surface area contributed by atoms with E-state index in [9.17, 15) is 5.11 Å². The minimum Gasteiger partial charge on any atom is -0.406 e. The number of alkyl halides is 1. The van der Waals surface area contributed by atoms with E-state index in [0.29, 0.717) is 0 Å². The van der Waals surface area contributed by atoms with E-state index < -0.39 is 5.40 Å². The summed E-state index contributed by atoms with van der Waals surface area (Å²) in [7, 11) is 3.64. The van der Waals surface area contributed by atoms with Gasteiger partial charge in [0.25, 0.3) is 0 Å². The van der Waals surface area contributed by atoms with Crippen LogP contribution in [0, 0.1) is 0 Å². The van der Waals surface area contributed by atoms with Gasteiger partial charge in [0.2, 0.25) is 0 Å². The molecular weight excluding hydrogens is 213 g/mol. The van der Waals surface area contributed by atoms with E-state index in [1.165, 1.54) is 0 Å². The molecule has 0 aromatic rings. The highest BCUT2D eigenvalue weighted by molar-refractivity contribution is 14.1. The van der Waals surface area contributed by atoms with Crippen molar-refractivity contribution in [1.29, 1.82) is 0 Å². The van der Waals surface area contributed by atoms with Gasteiger partial charge in [-0.1, -0.05) is 22.6 Å². The second-order valence-electron chi connectivity index (χ2n) is 3.03. The van der Waals surface area contributed by atoms with E-state index in [0.717, 1.165) is 0 Å². The predicted octanol–water partition coefficient (Wildman–Crippen LogP) is -0.888. The Morgan fingerprint density at radius 2 is 1.50 bits per heavy atom. The Kier molecular flexibility index (Phi) is 2.44. The molecule has 1 nitrogen and oxygen atoms in total. The summed E-state index contributed by atoms with van der Waals surface area (Å²) in [6.07, 6.45) is 0. The highest BCUT2D eigenvalue weighted by Crippen LogP contribution is 2.25. The number of halogens is 1. The standard InChI is InChI=1S/C4H11B2IO/c1-3(2,7)4(5,6)8/h8H,5-6H2,1-2H3. The van der Waals surface area contributed by atoms with Crippen LogP contribution in [0.15, 0.2) is 0 Å². The third-order valence-electron chi connectivity index (χ3n) is 1.45. The van der Waals surface area contributed by atoms with Crippen LogP contribution < -0.4 is 0 Å². The summed E-state index contributed by atoms with van der Waals surface area (Å²) in [6, 6.07) is 0. The zero-order valence-electron chi connectivity index (χ0n) is 5.83. The van der Waals surface area contributed by atoms with Gasteiger partial charge in [-0.15, -0.1) is 0 Å². The van der Waals surface area contributed by atoms with E-state index in [1.807, 2.05) is 29.5 Å². The van der Waals surface area contributed by atoms with Gasteiger partial charge < -0.3 is 5.11 Å². The fraction of sp³-hybridized carbons (Fsp3) is 1.00. The van der Waals surface area contributed by atoms with Gasteiger partial charge in [0.1, 0.15) is 15.7 Å². The van der Waals surface area contributed by atoms with Gasteiger partial charge >= 0.3 is 0 Å². The van der Waals surface area contributed by atoms with E-state index in [1.54, 1.807) is 0 Å². The molecule has 0 aromatic heterocycles. The van der Waals surface area contributed by atoms with Crippen molar-refractivity contribution in [2.45, 2.75) is 22.7 Å². The zero-order chi connectivity index (χ0) is 7.00. The summed E-state index contributed by atoms with van der Waals surface area (Å²) < 4.78 is -0.0369. The van der Waals surface area contributed by atoms with Crippen LogP contribution in [0.5, 0.6) is 0 Å². The molecule has 0 heterocycles. The molecule has 0 aliphatic carbocycles. The summed E-state index contributed by atoms with van der Waals surface area (Å²) in [4.78, 5) is 0. The molecule has 0 aliphatic rings. The van der Waals surface area contributed by atoms with Crippen molar-refractivity contribution in [2.24, 2.45) is 0 Å². The summed E-state index contributed by atoms with van der Waals surface area (Å²) in [5.74, 6) is 0. The Morgan fingerprint density at radius 3 is 1.50 bits per heavy atom. The van der Waals surface area contributed by atoms with E-state index in [4.69, 9.17) is 0 Å². The molecule has 0 fully saturated rings. The first-order valence-electron chi connectivity index (χ1n) is 2.66. The van der Waals surface area contributed by atoms with Crippen molar-refractivity contribution in [3.8, 4) is 0 Å². The number of hydrogen-bond acceptors (Lipinski definition) is 1. The Bertz CT molecular complexity index is 69.0. The van der Waals surface area contributed by atoms with Gasteiger partial charge in [-0.2, -0.15) is 0 Å². The van der Waals surface area contributed by atoms with Crippen LogP contribution in [0.4, 0.5) is 0 Å². The Morgan fingerprint density at radius 1 is 1.38 bits per heavy atom. The van der Waals surface area contributed by atoms with Crippen molar-refractivity contribution >= 4 is 38.3 Å². The van der Waals surface area contributed by atoms with Crippen LogP contribution in [0.25, 0.3) is 0 Å². The van der Waals surface area contributed by atoms with Gasteiger partial charge in [-0.05, 0) is 13.8 Å². The molecule has 0 bridgehead atoms. The zero-order valence-corrected chi connectivity index (χ0v) is 7.98. The molecule has 0 radical (unpaired) electrons. The fourth-order valence-electron chi connectivity index (χ4n) is 0. The first kappa shape index (κ1) is 8.82. The second kappa shape index (κ2) is 2.21. The van der Waals surface area contributed by atoms with Crippen LogP contribution in [-0.2, 0) is 0 Å². The smallest absolute Gasteiger partial charge is 0.133 e. The molecular formula is C4H11B2IO. The minimum atomic E-state index is -0.576. The molecule has 1 N–H and O–H groups in total. The molecule has 4 heteroatoms. The number of hydrogen-bond donors (Lipinski definition) is 1. The molecule has 0 amide bonds. The van der Waals surface area contributed by atoms with Gasteiger partial charge in [0.05, 0.1) is 0 Å². The van der Waals surface area contributed by atoms with E-state index in [-0.39, 0.29) is 3.42 Å². The largest absolute Gasteiger partial charge is 0.406 e. The van der Waals surface area contributed by atoms with Gasteiger partial charge in [0.15, 0.2) is 0 Å². The molecule has 0 unspecified atom stereocenters. The SMILES string of the molecule is BC(B)(O)C(C)(C)I. The number of rotatable bonds is 1. The minimum absolute atomic E-state index is 0.0369. The maximum absolute atomic E-state index is 9.35. The molecule has 0 rings (SSSR count). The average molecular weight is 224 g/mol. The van der Waals surface area contributed by atoms with Crippen molar-refractivity contribution in [3.63, 3.8) is 0 Å². The van der Waals surface area contributed by atoms with Gasteiger partial charge in [0, 0.05) is 8.82 Å². The molecule has 8 heavy (non-hydrogen) atoms. The maximum atomic E-state index is 9.35. The lowest BCUT2D eigenvalue weighted by Gasteiger charge is -2.31. The van der Waals surface area contributed by atoms with Crippen LogP contribution in [-0.4, -0.2) is 29.6 Å². The molecule has 0 aliphatic heterocycles. The molecule has 0 aromatic carbocycles. The summed E-state index contributed by atoms with van der Waals surface area (Å²) in [5, 5.41) is 8.77. The Hall–Kier alpha value is 0.820. The van der Waals surface area contributed by atoms with Crippen molar-refractivity contribution in [3.05, 3.63) is 0 Å². The predicted molar refractivity (Wildman–Crippen MR) is 50.1 cm³/mol. The number of aliphatic hydroxyl groups is 1. The van der Waals surface area contributed by atoms with Crippen LogP contribution in [0.2, 0.25) is 0 Å². The first-order valence-corrected chi connectivity index (χ1v) is 3.74. The van der Waals surface area contributed by atoms with Crippen molar-refractivity contribution in [1.82, 2.24) is 0 Å². The van der Waals surface area contributed by atoms with Gasteiger partial charge in [-0.3, -0.25) is 0 Å². The Labute approximate surface area is 66.2 Å². The normalized spacial score (nSPS) is 14.0. The van der Waals surface area contributed by atoms with Gasteiger partial charge in [-0.25, -0.2) is 0 Å². The summed E-state index contributed by atoms with van der Waals surface area (Å²) in [5.41, 5.74) is 0. The van der Waals surface area contributed by atoms with E-state index >= 15 is 0 Å².